The van der Waals surface area contributed by atoms with Crippen LogP contribution < -0.4 is 16.0 Å². The molecule has 4 nitrogen and oxygen atoms in total. The molecule has 0 aromatic heterocycles. The Kier molecular flexibility index (Phi) is 5.34. The quantitative estimate of drug-likeness (QED) is 0.872. The molecule has 25 heavy (non-hydrogen) atoms. The molecule has 2 atom stereocenters. The van der Waals surface area contributed by atoms with E-state index in [0.717, 1.165) is 37.2 Å². The molecule has 1 amide bonds. The number of anilines is 2. The maximum atomic E-state index is 14.4. The number of carbonyl (C=O) groups excluding carboxylic acids is 1. The maximum absolute atomic E-state index is 14.4. The van der Waals surface area contributed by atoms with Crippen molar-refractivity contribution in [2.45, 2.75) is 25.8 Å². The Morgan fingerprint density at radius 2 is 1.80 bits per heavy atom. The Labute approximate surface area is 147 Å². The van der Waals surface area contributed by atoms with E-state index in [1.165, 1.54) is 6.07 Å². The van der Waals surface area contributed by atoms with Crippen molar-refractivity contribution < 1.29 is 9.18 Å². The summed E-state index contributed by atoms with van der Waals surface area (Å²) in [6.45, 7) is 3.53. The van der Waals surface area contributed by atoms with Crippen LogP contribution in [0.2, 0.25) is 0 Å². The summed E-state index contributed by atoms with van der Waals surface area (Å²) in [5.74, 6) is -1.17. The predicted octanol–water partition coefficient (Wildman–Crippen LogP) is 3.70. The highest BCUT2D eigenvalue weighted by Gasteiger charge is 2.25. The van der Waals surface area contributed by atoms with E-state index in [9.17, 15) is 9.18 Å². The number of nitrogens with zero attached hydrogens (tertiary/aromatic N) is 1. The van der Waals surface area contributed by atoms with E-state index in [2.05, 4.69) is 10.2 Å². The smallest absolute Gasteiger partial charge is 0.229 e. The number of carbonyl (C=O) groups is 1. The third-order valence-electron chi connectivity index (χ3n) is 4.82. The zero-order chi connectivity index (χ0) is 17.8. The van der Waals surface area contributed by atoms with Crippen LogP contribution in [-0.4, -0.2) is 19.0 Å². The SMILES string of the molecule is CC(C(=O)Nc1c(F)cccc1N1CCCC1)C(N)c1ccccc1. The van der Waals surface area contributed by atoms with Crippen LogP contribution in [0.4, 0.5) is 15.8 Å². The summed E-state index contributed by atoms with van der Waals surface area (Å²) in [5, 5.41) is 2.77. The minimum absolute atomic E-state index is 0.251. The van der Waals surface area contributed by atoms with Gasteiger partial charge >= 0.3 is 0 Å². The van der Waals surface area contributed by atoms with Crippen molar-refractivity contribution in [2.24, 2.45) is 11.7 Å². The molecule has 5 heteroatoms. The number of halogens is 1. The van der Waals surface area contributed by atoms with Crippen LogP contribution in [0.1, 0.15) is 31.4 Å². The Hall–Kier alpha value is -2.40. The van der Waals surface area contributed by atoms with Crippen LogP contribution in [0, 0.1) is 11.7 Å². The molecule has 1 saturated heterocycles. The molecule has 132 valence electrons. The molecular formula is C20H24FN3O. The van der Waals surface area contributed by atoms with Crippen molar-refractivity contribution in [1.29, 1.82) is 0 Å². The molecule has 3 N–H and O–H groups in total. The van der Waals surface area contributed by atoms with Crippen molar-refractivity contribution in [3.8, 4) is 0 Å². The van der Waals surface area contributed by atoms with Crippen molar-refractivity contribution in [3.05, 3.63) is 59.9 Å². The standard InChI is InChI=1S/C20H24FN3O/c1-14(18(22)15-8-3-2-4-9-15)20(25)23-19-16(21)10-7-11-17(19)24-12-5-6-13-24/h2-4,7-11,14,18H,5-6,12-13,22H2,1H3,(H,23,25). The molecule has 2 unspecified atom stereocenters. The maximum Gasteiger partial charge on any atom is 0.229 e. The lowest BCUT2D eigenvalue weighted by molar-refractivity contribution is -0.120. The zero-order valence-corrected chi connectivity index (χ0v) is 14.4. The van der Waals surface area contributed by atoms with Crippen LogP contribution in [0.25, 0.3) is 0 Å². The fraction of sp³-hybridized carbons (Fsp3) is 0.350. The van der Waals surface area contributed by atoms with E-state index in [1.54, 1.807) is 13.0 Å². The van der Waals surface area contributed by atoms with Gasteiger partial charge in [0.15, 0.2) is 0 Å². The van der Waals surface area contributed by atoms with Gasteiger partial charge in [-0.15, -0.1) is 0 Å². The highest BCUT2D eigenvalue weighted by atomic mass is 19.1. The second-order valence-electron chi connectivity index (χ2n) is 6.54. The summed E-state index contributed by atoms with van der Waals surface area (Å²) in [7, 11) is 0. The molecular weight excluding hydrogens is 317 g/mol. The van der Waals surface area contributed by atoms with E-state index in [1.807, 2.05) is 36.4 Å². The van der Waals surface area contributed by atoms with Gasteiger partial charge in [0.2, 0.25) is 5.91 Å². The van der Waals surface area contributed by atoms with Gasteiger partial charge in [-0.2, -0.15) is 0 Å². The first-order valence-corrected chi connectivity index (χ1v) is 8.73. The van der Waals surface area contributed by atoms with Crippen LogP contribution in [0.3, 0.4) is 0 Å². The number of nitrogens with two attached hydrogens (primary N) is 1. The van der Waals surface area contributed by atoms with E-state index < -0.39 is 17.8 Å². The average Bonchev–Trinajstić information content (AvgIpc) is 3.17. The van der Waals surface area contributed by atoms with Gasteiger partial charge in [-0.25, -0.2) is 4.39 Å². The van der Waals surface area contributed by atoms with Crippen molar-refractivity contribution in [1.82, 2.24) is 0 Å². The summed E-state index contributed by atoms with van der Waals surface area (Å²) in [6.07, 6.45) is 2.17. The van der Waals surface area contributed by atoms with Gasteiger partial charge in [0.05, 0.1) is 11.6 Å². The molecule has 2 aromatic carbocycles. The molecule has 1 aliphatic rings. The fourth-order valence-corrected chi connectivity index (χ4v) is 3.22. The summed E-state index contributed by atoms with van der Waals surface area (Å²) in [5.41, 5.74) is 8.11. The summed E-state index contributed by atoms with van der Waals surface area (Å²) in [4.78, 5) is 14.8. The largest absolute Gasteiger partial charge is 0.370 e. The van der Waals surface area contributed by atoms with Crippen LogP contribution in [-0.2, 0) is 4.79 Å². The molecule has 0 aliphatic carbocycles. The number of amides is 1. The molecule has 1 fully saturated rings. The second kappa shape index (κ2) is 7.66. The number of nitrogens with one attached hydrogen (secondary N) is 1. The fourth-order valence-electron chi connectivity index (χ4n) is 3.22. The average molecular weight is 341 g/mol. The van der Waals surface area contributed by atoms with Crippen molar-refractivity contribution in [3.63, 3.8) is 0 Å². The number of benzene rings is 2. The van der Waals surface area contributed by atoms with Gasteiger partial charge < -0.3 is 16.0 Å². The van der Waals surface area contributed by atoms with Crippen LogP contribution in [0.15, 0.2) is 48.5 Å². The van der Waals surface area contributed by atoms with E-state index >= 15 is 0 Å². The number of para-hydroxylation sites is 1. The monoisotopic (exact) mass is 341 g/mol. The summed E-state index contributed by atoms with van der Waals surface area (Å²) in [6, 6.07) is 13.9. The third kappa shape index (κ3) is 3.82. The minimum atomic E-state index is -0.478. The first-order valence-electron chi connectivity index (χ1n) is 8.73. The first kappa shape index (κ1) is 17.4. The normalized spacial score (nSPS) is 16.5. The van der Waals surface area contributed by atoms with Crippen molar-refractivity contribution in [2.75, 3.05) is 23.3 Å². The first-order chi connectivity index (χ1) is 12.1. The highest BCUT2D eigenvalue weighted by molar-refractivity contribution is 5.96. The summed E-state index contributed by atoms with van der Waals surface area (Å²) >= 11 is 0. The number of hydrogen-bond donors (Lipinski definition) is 2. The molecule has 1 heterocycles. The zero-order valence-electron chi connectivity index (χ0n) is 14.4. The molecule has 1 aliphatic heterocycles. The molecule has 0 radical (unpaired) electrons. The van der Waals surface area contributed by atoms with E-state index in [4.69, 9.17) is 5.73 Å². The minimum Gasteiger partial charge on any atom is -0.370 e. The molecule has 3 rings (SSSR count). The van der Waals surface area contributed by atoms with Crippen LogP contribution >= 0.6 is 0 Å². The lowest BCUT2D eigenvalue weighted by atomic mass is 9.94. The number of hydrogen-bond acceptors (Lipinski definition) is 3. The van der Waals surface area contributed by atoms with Gasteiger partial charge in [-0.05, 0) is 30.5 Å². The highest BCUT2D eigenvalue weighted by Crippen LogP contribution is 2.32. The van der Waals surface area contributed by atoms with Crippen molar-refractivity contribution >= 4 is 17.3 Å². The van der Waals surface area contributed by atoms with Gasteiger partial charge in [0, 0.05) is 19.1 Å². The molecule has 0 saturated carbocycles. The van der Waals surface area contributed by atoms with E-state index in [0.29, 0.717) is 0 Å². The van der Waals surface area contributed by atoms with E-state index in [-0.39, 0.29) is 11.6 Å². The van der Waals surface area contributed by atoms with Gasteiger partial charge in [-0.3, -0.25) is 4.79 Å². The molecule has 2 aromatic rings. The molecule has 0 bridgehead atoms. The third-order valence-corrected chi connectivity index (χ3v) is 4.82. The van der Waals surface area contributed by atoms with Gasteiger partial charge in [0.1, 0.15) is 11.5 Å². The van der Waals surface area contributed by atoms with Gasteiger partial charge in [-0.1, -0.05) is 43.3 Å². The predicted molar refractivity (Wildman–Crippen MR) is 99.0 cm³/mol. The molecule has 0 spiro atoms. The Balaban J connectivity index is 1.78. The van der Waals surface area contributed by atoms with Crippen LogP contribution in [0.5, 0.6) is 0 Å². The Morgan fingerprint density at radius 3 is 2.48 bits per heavy atom. The Morgan fingerprint density at radius 1 is 1.12 bits per heavy atom. The Bertz CT molecular complexity index is 729. The number of rotatable bonds is 5. The topological polar surface area (TPSA) is 58.4 Å². The summed E-state index contributed by atoms with van der Waals surface area (Å²) < 4.78 is 14.4. The second-order valence-corrected chi connectivity index (χ2v) is 6.54. The van der Waals surface area contributed by atoms with Gasteiger partial charge in [0.25, 0.3) is 0 Å². The lowest BCUT2D eigenvalue weighted by Gasteiger charge is -2.24. The lowest BCUT2D eigenvalue weighted by Crippen LogP contribution is -2.31.